The summed E-state index contributed by atoms with van der Waals surface area (Å²) in [6.45, 7) is 2.76. The lowest BCUT2D eigenvalue weighted by molar-refractivity contribution is 0.339. The van der Waals surface area contributed by atoms with E-state index in [4.69, 9.17) is 11.6 Å². The Hall–Kier alpha value is -1.46. The minimum absolute atomic E-state index is 0.0114. The van der Waals surface area contributed by atoms with Gasteiger partial charge in [0.15, 0.2) is 5.82 Å². The number of halogens is 1. The molecule has 0 aliphatic carbocycles. The average Bonchev–Trinajstić information content (AvgIpc) is 2.78. The van der Waals surface area contributed by atoms with Gasteiger partial charge >= 0.3 is 0 Å². The monoisotopic (exact) mass is 279 g/mol. The molecule has 0 amide bonds. The number of nitrogens with zero attached hydrogens (tertiary/aromatic N) is 5. The molecule has 0 saturated carbocycles. The van der Waals surface area contributed by atoms with Gasteiger partial charge in [0, 0.05) is 5.02 Å². The molecule has 1 aromatic carbocycles. The SMILES string of the molecule is Cc1nnn(C(CCN(C)C)c2ccccc2Cl)n1. The zero-order valence-corrected chi connectivity index (χ0v) is 12.2. The molecule has 2 aromatic rings. The first kappa shape index (κ1) is 14.0. The van der Waals surface area contributed by atoms with E-state index < -0.39 is 0 Å². The number of tetrazole rings is 1. The second-order valence-electron chi connectivity index (χ2n) is 4.79. The molecule has 1 atom stereocenters. The molecule has 2 rings (SSSR count). The van der Waals surface area contributed by atoms with Crippen LogP contribution in [0, 0.1) is 6.92 Å². The molecular weight excluding hydrogens is 262 g/mol. The molecule has 6 heteroatoms. The number of aromatic nitrogens is 4. The first-order chi connectivity index (χ1) is 9.08. The first-order valence-corrected chi connectivity index (χ1v) is 6.61. The van der Waals surface area contributed by atoms with Crippen molar-refractivity contribution in [3.05, 3.63) is 40.7 Å². The summed E-state index contributed by atoms with van der Waals surface area (Å²) in [4.78, 5) is 3.79. The Balaban J connectivity index is 2.31. The van der Waals surface area contributed by atoms with Crippen LogP contribution in [0.5, 0.6) is 0 Å². The highest BCUT2D eigenvalue weighted by molar-refractivity contribution is 6.31. The zero-order chi connectivity index (χ0) is 13.8. The van der Waals surface area contributed by atoms with E-state index in [-0.39, 0.29) is 6.04 Å². The Bertz CT molecular complexity index is 537. The van der Waals surface area contributed by atoms with Crippen LogP contribution in [0.15, 0.2) is 24.3 Å². The fourth-order valence-corrected chi connectivity index (χ4v) is 2.21. The third kappa shape index (κ3) is 3.52. The fourth-order valence-electron chi connectivity index (χ4n) is 1.95. The van der Waals surface area contributed by atoms with Gasteiger partial charge in [-0.15, -0.1) is 10.2 Å². The van der Waals surface area contributed by atoms with Crippen molar-refractivity contribution in [2.45, 2.75) is 19.4 Å². The number of rotatable bonds is 5. The van der Waals surface area contributed by atoms with Crippen molar-refractivity contribution in [2.24, 2.45) is 0 Å². The molecule has 19 heavy (non-hydrogen) atoms. The predicted octanol–water partition coefficient (Wildman–Crippen LogP) is 2.18. The summed E-state index contributed by atoms with van der Waals surface area (Å²) in [6, 6.07) is 7.82. The van der Waals surface area contributed by atoms with Gasteiger partial charge in [-0.1, -0.05) is 29.8 Å². The minimum atomic E-state index is 0.0114. The maximum absolute atomic E-state index is 6.29. The van der Waals surface area contributed by atoms with Crippen molar-refractivity contribution in [1.82, 2.24) is 25.1 Å². The second-order valence-corrected chi connectivity index (χ2v) is 5.19. The van der Waals surface area contributed by atoms with Crippen LogP contribution < -0.4 is 0 Å². The molecule has 0 fully saturated rings. The molecule has 1 aromatic heterocycles. The molecule has 0 saturated heterocycles. The van der Waals surface area contributed by atoms with Crippen LogP contribution in [0.2, 0.25) is 5.02 Å². The van der Waals surface area contributed by atoms with Crippen LogP contribution in [-0.4, -0.2) is 45.7 Å². The normalized spacial score (nSPS) is 12.9. The van der Waals surface area contributed by atoms with Gasteiger partial charge in [0.25, 0.3) is 0 Å². The van der Waals surface area contributed by atoms with Crippen LogP contribution in [-0.2, 0) is 0 Å². The molecule has 0 radical (unpaired) electrons. The quantitative estimate of drug-likeness (QED) is 0.842. The Morgan fingerprint density at radius 2 is 2.05 bits per heavy atom. The van der Waals surface area contributed by atoms with Crippen molar-refractivity contribution in [1.29, 1.82) is 0 Å². The highest BCUT2D eigenvalue weighted by Crippen LogP contribution is 2.27. The Morgan fingerprint density at radius 3 is 2.63 bits per heavy atom. The summed E-state index contributed by atoms with van der Waals surface area (Å²) in [6.07, 6.45) is 0.881. The fraction of sp³-hybridized carbons (Fsp3) is 0.462. The largest absolute Gasteiger partial charge is 0.309 e. The van der Waals surface area contributed by atoms with E-state index in [9.17, 15) is 0 Å². The Morgan fingerprint density at radius 1 is 1.32 bits per heavy atom. The smallest absolute Gasteiger partial charge is 0.171 e. The van der Waals surface area contributed by atoms with Crippen LogP contribution in [0.1, 0.15) is 23.9 Å². The third-order valence-electron chi connectivity index (χ3n) is 2.92. The van der Waals surface area contributed by atoms with Crippen LogP contribution in [0.4, 0.5) is 0 Å². The Labute approximate surface area is 118 Å². The maximum Gasteiger partial charge on any atom is 0.171 e. The van der Waals surface area contributed by atoms with Crippen molar-refractivity contribution >= 4 is 11.6 Å². The van der Waals surface area contributed by atoms with Crippen LogP contribution in [0.25, 0.3) is 0 Å². The number of hydrogen-bond donors (Lipinski definition) is 0. The molecule has 0 spiro atoms. The molecular formula is C13H18ClN5. The van der Waals surface area contributed by atoms with E-state index in [1.165, 1.54) is 0 Å². The molecule has 0 bridgehead atoms. The van der Waals surface area contributed by atoms with E-state index in [0.717, 1.165) is 23.6 Å². The summed E-state index contributed by atoms with van der Waals surface area (Å²) in [5.41, 5.74) is 1.03. The lowest BCUT2D eigenvalue weighted by Gasteiger charge is -2.19. The molecule has 0 N–H and O–H groups in total. The zero-order valence-electron chi connectivity index (χ0n) is 11.4. The van der Waals surface area contributed by atoms with Crippen molar-refractivity contribution in [3.63, 3.8) is 0 Å². The highest BCUT2D eigenvalue weighted by atomic mass is 35.5. The first-order valence-electron chi connectivity index (χ1n) is 6.23. The van der Waals surface area contributed by atoms with Gasteiger partial charge in [0.05, 0.1) is 0 Å². The third-order valence-corrected chi connectivity index (χ3v) is 3.27. The molecule has 1 unspecified atom stereocenters. The molecule has 5 nitrogen and oxygen atoms in total. The summed E-state index contributed by atoms with van der Waals surface area (Å²) < 4.78 is 0. The number of hydrogen-bond acceptors (Lipinski definition) is 4. The highest BCUT2D eigenvalue weighted by Gasteiger charge is 2.19. The van der Waals surface area contributed by atoms with Gasteiger partial charge in [0.1, 0.15) is 6.04 Å². The van der Waals surface area contributed by atoms with Crippen molar-refractivity contribution < 1.29 is 0 Å². The molecule has 0 aliphatic rings. The van der Waals surface area contributed by atoms with Crippen molar-refractivity contribution in [2.75, 3.05) is 20.6 Å². The Kier molecular flexibility index (Phi) is 4.50. The maximum atomic E-state index is 6.29. The van der Waals surface area contributed by atoms with E-state index in [1.807, 2.05) is 45.3 Å². The molecule has 0 aliphatic heterocycles. The van der Waals surface area contributed by atoms with E-state index >= 15 is 0 Å². The summed E-state index contributed by atoms with van der Waals surface area (Å²) in [7, 11) is 4.09. The van der Waals surface area contributed by atoms with Crippen LogP contribution >= 0.6 is 11.6 Å². The van der Waals surface area contributed by atoms with E-state index in [2.05, 4.69) is 20.3 Å². The van der Waals surface area contributed by atoms with Gasteiger partial charge in [-0.2, -0.15) is 4.80 Å². The number of aryl methyl sites for hydroxylation is 1. The molecule has 1 heterocycles. The summed E-state index contributed by atoms with van der Waals surface area (Å²) in [5, 5.41) is 13.1. The minimum Gasteiger partial charge on any atom is -0.309 e. The van der Waals surface area contributed by atoms with E-state index in [0.29, 0.717) is 5.82 Å². The van der Waals surface area contributed by atoms with Gasteiger partial charge in [-0.25, -0.2) is 0 Å². The van der Waals surface area contributed by atoms with Gasteiger partial charge < -0.3 is 4.90 Å². The van der Waals surface area contributed by atoms with E-state index in [1.54, 1.807) is 4.80 Å². The summed E-state index contributed by atoms with van der Waals surface area (Å²) in [5.74, 6) is 0.668. The molecule has 102 valence electrons. The standard InChI is InChI=1S/C13H18ClN5/c1-10-15-17-19(16-10)13(8-9-18(2)3)11-6-4-5-7-12(11)14/h4-7,13H,8-9H2,1-3H3. The summed E-state index contributed by atoms with van der Waals surface area (Å²) >= 11 is 6.29. The average molecular weight is 280 g/mol. The topological polar surface area (TPSA) is 46.8 Å². The van der Waals surface area contributed by atoms with Gasteiger partial charge in [0.2, 0.25) is 0 Å². The van der Waals surface area contributed by atoms with Gasteiger partial charge in [-0.3, -0.25) is 0 Å². The lowest BCUT2D eigenvalue weighted by Crippen LogP contribution is -2.21. The van der Waals surface area contributed by atoms with Crippen LogP contribution in [0.3, 0.4) is 0 Å². The lowest BCUT2D eigenvalue weighted by atomic mass is 10.0. The van der Waals surface area contributed by atoms with Gasteiger partial charge in [-0.05, 0) is 50.8 Å². The number of benzene rings is 1. The van der Waals surface area contributed by atoms with Crippen molar-refractivity contribution in [3.8, 4) is 0 Å². The predicted molar refractivity (Wildman–Crippen MR) is 75.3 cm³/mol. The second kappa shape index (κ2) is 6.12.